The van der Waals surface area contributed by atoms with Crippen molar-refractivity contribution in [2.45, 2.75) is 13.3 Å². The lowest BCUT2D eigenvalue weighted by Gasteiger charge is -2.12. The average molecular weight is 487 g/mol. The van der Waals surface area contributed by atoms with Crippen LogP contribution in [0, 0.1) is 5.82 Å². The number of hydrogen-bond acceptors (Lipinski definition) is 5. The first-order chi connectivity index (χ1) is 15.7. The van der Waals surface area contributed by atoms with E-state index in [0.717, 1.165) is 11.1 Å². The van der Waals surface area contributed by atoms with Crippen molar-refractivity contribution in [3.63, 3.8) is 0 Å². The smallest absolute Gasteiger partial charge is 0.232 e. The summed E-state index contributed by atoms with van der Waals surface area (Å²) >= 11 is 5.96. The summed E-state index contributed by atoms with van der Waals surface area (Å²) in [4.78, 5) is 20.6. The third kappa shape index (κ3) is 4.55. The van der Waals surface area contributed by atoms with E-state index in [2.05, 4.69) is 14.7 Å². The van der Waals surface area contributed by atoms with Gasteiger partial charge in [0.1, 0.15) is 5.65 Å². The predicted molar refractivity (Wildman–Crippen MR) is 128 cm³/mol. The topological polar surface area (TPSA) is 118 Å². The first kappa shape index (κ1) is 22.8. The van der Waals surface area contributed by atoms with Crippen LogP contribution in [0.4, 0.5) is 15.8 Å². The zero-order valence-corrected chi connectivity index (χ0v) is 19.1. The van der Waals surface area contributed by atoms with Crippen molar-refractivity contribution in [1.82, 2.24) is 9.97 Å². The molecule has 0 atom stereocenters. The van der Waals surface area contributed by atoms with Gasteiger partial charge in [-0.25, -0.2) is 17.8 Å². The first-order valence-corrected chi connectivity index (χ1v) is 12.1. The molecule has 0 saturated carbocycles. The van der Waals surface area contributed by atoms with Crippen molar-refractivity contribution in [3.8, 4) is 11.1 Å². The third-order valence-corrected chi connectivity index (χ3v) is 6.82. The molecule has 0 spiro atoms. The normalized spacial score (nSPS) is 11.6. The molecule has 0 amide bonds. The molecule has 0 aliphatic carbocycles. The van der Waals surface area contributed by atoms with Crippen LogP contribution in [0.15, 0.2) is 54.9 Å². The first-order valence-electron chi connectivity index (χ1n) is 10.1. The summed E-state index contributed by atoms with van der Waals surface area (Å²) in [6.07, 6.45) is 3.43. The lowest BCUT2D eigenvalue weighted by molar-refractivity contribution is 0.103. The number of nitrogens with zero attached hydrogens (tertiary/aromatic N) is 1. The molecule has 0 saturated heterocycles. The number of nitrogens with two attached hydrogens (primary N) is 1. The van der Waals surface area contributed by atoms with Crippen LogP contribution in [-0.4, -0.2) is 29.9 Å². The van der Waals surface area contributed by atoms with Gasteiger partial charge in [0.15, 0.2) is 11.6 Å². The number of pyridine rings is 1. The van der Waals surface area contributed by atoms with Crippen molar-refractivity contribution < 1.29 is 17.6 Å². The zero-order chi connectivity index (χ0) is 23.8. The predicted octanol–water partition coefficient (Wildman–Crippen LogP) is 4.99. The summed E-state index contributed by atoms with van der Waals surface area (Å²) in [5, 5.41) is 1.06. The van der Waals surface area contributed by atoms with Crippen molar-refractivity contribution in [3.05, 3.63) is 76.8 Å². The number of benzene rings is 2. The average Bonchev–Trinajstić information content (AvgIpc) is 3.19. The van der Waals surface area contributed by atoms with Crippen LogP contribution >= 0.6 is 11.6 Å². The number of nitrogens with one attached hydrogen (secondary N) is 2. The molecule has 4 aromatic rings. The van der Waals surface area contributed by atoms with Crippen LogP contribution in [0.25, 0.3) is 22.2 Å². The summed E-state index contributed by atoms with van der Waals surface area (Å²) in [5.41, 5.74) is 7.25. The van der Waals surface area contributed by atoms with Gasteiger partial charge in [-0.15, -0.1) is 0 Å². The summed E-state index contributed by atoms with van der Waals surface area (Å²) in [5.74, 6) is -1.90. The summed E-state index contributed by atoms with van der Waals surface area (Å²) in [6, 6.07) is 11.4. The number of halogens is 2. The number of sulfonamides is 1. The maximum atomic E-state index is 15.3. The van der Waals surface area contributed by atoms with E-state index >= 15 is 4.39 Å². The number of aromatic nitrogens is 2. The molecular weight excluding hydrogens is 467 g/mol. The Morgan fingerprint density at radius 1 is 1.18 bits per heavy atom. The second kappa shape index (κ2) is 8.84. The highest BCUT2D eigenvalue weighted by molar-refractivity contribution is 7.92. The summed E-state index contributed by atoms with van der Waals surface area (Å²) in [7, 11) is -3.76. The quantitative estimate of drug-likeness (QED) is 0.251. The Morgan fingerprint density at radius 2 is 1.91 bits per heavy atom. The minimum Gasteiger partial charge on any atom is -0.398 e. The Balaban J connectivity index is 1.78. The summed E-state index contributed by atoms with van der Waals surface area (Å²) < 4.78 is 41.6. The number of rotatable bonds is 7. The molecule has 0 radical (unpaired) electrons. The number of hydrogen-bond donors (Lipinski definition) is 3. The van der Waals surface area contributed by atoms with E-state index in [1.165, 1.54) is 18.3 Å². The van der Waals surface area contributed by atoms with E-state index in [1.807, 2.05) is 12.1 Å². The zero-order valence-electron chi connectivity index (χ0n) is 17.5. The van der Waals surface area contributed by atoms with Gasteiger partial charge in [-0.2, -0.15) is 0 Å². The van der Waals surface area contributed by atoms with E-state index in [4.69, 9.17) is 17.3 Å². The van der Waals surface area contributed by atoms with Gasteiger partial charge in [0.05, 0.1) is 17.0 Å². The second-order valence-electron chi connectivity index (χ2n) is 7.47. The van der Waals surface area contributed by atoms with E-state index < -0.39 is 27.2 Å². The highest BCUT2D eigenvalue weighted by Gasteiger charge is 2.24. The van der Waals surface area contributed by atoms with Crippen LogP contribution in [0.2, 0.25) is 5.02 Å². The van der Waals surface area contributed by atoms with Crippen LogP contribution < -0.4 is 10.5 Å². The van der Waals surface area contributed by atoms with Gasteiger partial charge in [0, 0.05) is 39.6 Å². The molecule has 10 heteroatoms. The van der Waals surface area contributed by atoms with Crippen LogP contribution in [-0.2, 0) is 10.0 Å². The minimum absolute atomic E-state index is 0.105. The molecule has 2 aromatic heterocycles. The third-order valence-electron chi connectivity index (χ3n) is 5.09. The fourth-order valence-corrected chi connectivity index (χ4v) is 4.77. The van der Waals surface area contributed by atoms with E-state index in [-0.39, 0.29) is 22.7 Å². The molecule has 2 aromatic carbocycles. The molecule has 4 rings (SSSR count). The number of anilines is 2. The highest BCUT2D eigenvalue weighted by Crippen LogP contribution is 2.31. The molecule has 4 N–H and O–H groups in total. The number of aromatic amines is 1. The van der Waals surface area contributed by atoms with Gasteiger partial charge in [0.25, 0.3) is 0 Å². The highest BCUT2D eigenvalue weighted by atomic mass is 35.5. The van der Waals surface area contributed by atoms with E-state index in [1.54, 1.807) is 31.3 Å². The lowest BCUT2D eigenvalue weighted by atomic mass is 9.99. The van der Waals surface area contributed by atoms with Gasteiger partial charge in [-0.05, 0) is 42.3 Å². The molecular formula is C23H20ClFN4O3S. The van der Waals surface area contributed by atoms with Gasteiger partial charge < -0.3 is 10.7 Å². The number of ketones is 1. The molecule has 2 heterocycles. The van der Waals surface area contributed by atoms with Gasteiger partial charge in [-0.3, -0.25) is 9.52 Å². The number of H-pyrrole nitrogens is 1. The number of carbonyl (C=O) groups excluding carboxylic acids is 1. The standard InChI is InChI=1S/C23H20ClFN4O3S/c1-2-9-33(31,32)29-19-8-7-18(26)20(21(19)25)22(30)17-12-28-23-16(17)10-14(11-27-23)13-3-5-15(24)6-4-13/h3-8,10-12,29H,2,9,26H2,1H3,(H,27,28). The van der Waals surface area contributed by atoms with Gasteiger partial charge in [0.2, 0.25) is 10.0 Å². The SMILES string of the molecule is CCCS(=O)(=O)Nc1ccc(N)c(C(=O)c2c[nH]c3ncc(-c4ccc(Cl)cc4)cc23)c1F. The molecule has 170 valence electrons. The van der Waals surface area contributed by atoms with Crippen LogP contribution in [0.3, 0.4) is 0 Å². The number of carbonyl (C=O) groups is 1. The molecule has 7 nitrogen and oxygen atoms in total. The Bertz CT molecular complexity index is 1470. The monoisotopic (exact) mass is 486 g/mol. The van der Waals surface area contributed by atoms with Crippen molar-refractivity contribution in [2.75, 3.05) is 16.2 Å². The Kier molecular flexibility index (Phi) is 6.09. The summed E-state index contributed by atoms with van der Waals surface area (Å²) in [6.45, 7) is 1.69. The van der Waals surface area contributed by atoms with E-state index in [9.17, 15) is 13.2 Å². The molecule has 0 fully saturated rings. The maximum Gasteiger partial charge on any atom is 0.232 e. The Labute approximate surface area is 194 Å². The fourth-order valence-electron chi connectivity index (χ4n) is 3.51. The Hall–Kier alpha value is -3.43. The van der Waals surface area contributed by atoms with E-state index in [0.29, 0.717) is 22.5 Å². The molecule has 0 aliphatic rings. The minimum atomic E-state index is -3.76. The lowest BCUT2D eigenvalue weighted by Crippen LogP contribution is -2.18. The molecule has 0 aliphatic heterocycles. The van der Waals surface area contributed by atoms with Crippen molar-refractivity contribution in [1.29, 1.82) is 0 Å². The fraction of sp³-hybridized carbons (Fsp3) is 0.130. The van der Waals surface area contributed by atoms with Crippen molar-refractivity contribution >= 4 is 49.8 Å². The number of nitrogen functional groups attached to an aromatic ring is 1. The van der Waals surface area contributed by atoms with Crippen molar-refractivity contribution in [2.24, 2.45) is 0 Å². The van der Waals surface area contributed by atoms with Crippen LogP contribution in [0.1, 0.15) is 29.3 Å². The second-order valence-corrected chi connectivity index (χ2v) is 9.75. The van der Waals surface area contributed by atoms with Gasteiger partial charge in [-0.1, -0.05) is 30.7 Å². The maximum absolute atomic E-state index is 15.3. The molecule has 0 bridgehead atoms. The largest absolute Gasteiger partial charge is 0.398 e. The van der Waals surface area contributed by atoms with Gasteiger partial charge >= 0.3 is 0 Å². The Morgan fingerprint density at radius 3 is 2.61 bits per heavy atom. The molecule has 33 heavy (non-hydrogen) atoms. The number of fused-ring (bicyclic) bond motifs is 1. The molecule has 0 unspecified atom stereocenters. The van der Waals surface area contributed by atoms with Crippen LogP contribution in [0.5, 0.6) is 0 Å².